The van der Waals surface area contributed by atoms with Crippen LogP contribution in [0.4, 0.5) is 14.4 Å². The Bertz CT molecular complexity index is 843. The molecule has 0 saturated heterocycles. The molecule has 0 aliphatic heterocycles. The van der Waals surface area contributed by atoms with Crippen molar-refractivity contribution < 1.29 is 22.5 Å². The van der Waals surface area contributed by atoms with Crippen LogP contribution in [0, 0.1) is 15.9 Å². The van der Waals surface area contributed by atoms with E-state index in [2.05, 4.69) is 5.32 Å². The average Bonchev–Trinajstić information content (AvgIpc) is 2.83. The van der Waals surface area contributed by atoms with Crippen LogP contribution in [0.1, 0.15) is 6.92 Å². The summed E-state index contributed by atoms with van der Waals surface area (Å²) in [7, 11) is -4.12. The minimum absolute atomic E-state index is 0.150. The van der Waals surface area contributed by atoms with Gasteiger partial charge >= 0.3 is 5.00 Å². The number of nitro groups is 1. The molecule has 1 aromatic carbocycles. The molecule has 0 aliphatic carbocycles. The van der Waals surface area contributed by atoms with Crippen molar-refractivity contribution in [3.63, 3.8) is 0 Å². The first-order chi connectivity index (χ1) is 10.2. The van der Waals surface area contributed by atoms with E-state index in [0.717, 1.165) is 37.3 Å². The van der Waals surface area contributed by atoms with E-state index in [0.29, 0.717) is 11.3 Å². The number of hydrogen-bond acceptors (Lipinski definition) is 6. The summed E-state index contributed by atoms with van der Waals surface area (Å²) in [6.07, 6.45) is 0. The molecule has 0 fully saturated rings. The normalized spacial score (nSPS) is 11.2. The minimum atomic E-state index is -4.12. The highest BCUT2D eigenvalue weighted by atomic mass is 32.2. The van der Waals surface area contributed by atoms with Gasteiger partial charge in [-0.25, -0.2) is 12.8 Å². The molecule has 0 bridgehead atoms. The zero-order chi connectivity index (χ0) is 16.5. The topological polar surface area (TPSA) is 106 Å². The molecule has 0 saturated carbocycles. The number of halogens is 1. The van der Waals surface area contributed by atoms with Gasteiger partial charge in [0.25, 0.3) is 0 Å². The minimum Gasteiger partial charge on any atom is -0.317 e. The summed E-state index contributed by atoms with van der Waals surface area (Å²) in [6.45, 7) is 1.15. The molecule has 0 spiro atoms. The number of nitrogens with one attached hydrogen (secondary N) is 1. The maximum absolute atomic E-state index is 12.9. The van der Waals surface area contributed by atoms with Crippen LogP contribution in [-0.4, -0.2) is 19.2 Å². The molecule has 7 nitrogen and oxygen atoms in total. The van der Waals surface area contributed by atoms with Crippen molar-refractivity contribution in [1.82, 2.24) is 0 Å². The second kappa shape index (κ2) is 5.81. The largest absolute Gasteiger partial charge is 0.327 e. The molecule has 1 heterocycles. The number of thiophene rings is 1. The molecule has 2 aromatic rings. The number of benzene rings is 1. The zero-order valence-electron chi connectivity index (χ0n) is 11.1. The second-order valence-corrected chi connectivity index (χ2v) is 7.12. The first-order valence-corrected chi connectivity index (χ1v) is 8.08. The lowest BCUT2D eigenvalue weighted by atomic mass is 10.4. The Labute approximate surface area is 128 Å². The van der Waals surface area contributed by atoms with Crippen molar-refractivity contribution in [2.75, 3.05) is 5.32 Å². The molecule has 116 valence electrons. The number of amides is 1. The Morgan fingerprint density at radius 1 is 1.32 bits per heavy atom. The molecule has 0 radical (unpaired) electrons. The van der Waals surface area contributed by atoms with Gasteiger partial charge in [-0.2, -0.15) is 0 Å². The zero-order valence-corrected chi connectivity index (χ0v) is 12.7. The highest BCUT2D eigenvalue weighted by molar-refractivity contribution is 7.91. The van der Waals surface area contributed by atoms with Crippen molar-refractivity contribution in [2.45, 2.75) is 16.7 Å². The number of nitrogens with zero attached hydrogens (tertiary/aromatic N) is 1. The third-order valence-electron chi connectivity index (χ3n) is 2.57. The molecule has 0 unspecified atom stereocenters. The van der Waals surface area contributed by atoms with Crippen LogP contribution in [0.3, 0.4) is 0 Å². The summed E-state index contributed by atoms with van der Waals surface area (Å²) < 4.78 is 37.9. The van der Waals surface area contributed by atoms with E-state index in [9.17, 15) is 27.7 Å². The van der Waals surface area contributed by atoms with Gasteiger partial charge < -0.3 is 5.32 Å². The number of sulfone groups is 1. The van der Waals surface area contributed by atoms with E-state index >= 15 is 0 Å². The van der Waals surface area contributed by atoms with Gasteiger partial charge in [0.2, 0.25) is 15.7 Å². The summed E-state index contributed by atoms with van der Waals surface area (Å²) >= 11 is 0.536. The maximum Gasteiger partial charge on any atom is 0.327 e. The lowest BCUT2D eigenvalue weighted by molar-refractivity contribution is -0.380. The molecule has 1 amide bonds. The van der Waals surface area contributed by atoms with Crippen molar-refractivity contribution in [2.24, 2.45) is 0 Å². The summed E-state index contributed by atoms with van der Waals surface area (Å²) in [5.74, 6) is -1.18. The van der Waals surface area contributed by atoms with Crippen molar-refractivity contribution >= 4 is 37.1 Å². The predicted octanol–water partition coefficient (Wildman–Crippen LogP) is 2.59. The third-order valence-corrected chi connectivity index (χ3v) is 5.49. The number of carbonyl (C=O) groups is 1. The van der Waals surface area contributed by atoms with E-state index in [-0.39, 0.29) is 9.90 Å². The van der Waals surface area contributed by atoms with Crippen molar-refractivity contribution in [3.05, 3.63) is 46.3 Å². The molecule has 2 rings (SSSR count). The molecule has 1 N–H and O–H groups in total. The van der Waals surface area contributed by atoms with Crippen LogP contribution < -0.4 is 5.32 Å². The Kier molecular flexibility index (Phi) is 4.24. The van der Waals surface area contributed by atoms with Crippen molar-refractivity contribution in [1.29, 1.82) is 0 Å². The molecule has 0 aliphatic rings. The van der Waals surface area contributed by atoms with Crippen LogP contribution in [0.25, 0.3) is 0 Å². The average molecular weight is 344 g/mol. The fourth-order valence-electron chi connectivity index (χ4n) is 1.64. The van der Waals surface area contributed by atoms with Crippen LogP contribution in [0.5, 0.6) is 0 Å². The molecular formula is C12H9FN2O5S2. The van der Waals surface area contributed by atoms with Crippen LogP contribution in [0.2, 0.25) is 0 Å². The van der Waals surface area contributed by atoms with Gasteiger partial charge in [0.1, 0.15) is 15.7 Å². The fraction of sp³-hybridized carbons (Fsp3) is 0.0833. The highest BCUT2D eigenvalue weighted by Crippen LogP contribution is 2.39. The lowest BCUT2D eigenvalue weighted by Crippen LogP contribution is -2.09. The monoisotopic (exact) mass is 344 g/mol. The van der Waals surface area contributed by atoms with E-state index in [1.165, 1.54) is 0 Å². The Hall–Kier alpha value is -2.33. The summed E-state index contributed by atoms with van der Waals surface area (Å²) in [5.41, 5.74) is 0. The SMILES string of the molecule is CC(=O)Nc1sc([N+](=O)[O-])cc1S(=O)(=O)c1ccc(F)cc1. The van der Waals surface area contributed by atoms with Crippen molar-refractivity contribution in [3.8, 4) is 0 Å². The molecule has 10 heteroatoms. The lowest BCUT2D eigenvalue weighted by Gasteiger charge is -2.05. The van der Waals surface area contributed by atoms with Gasteiger partial charge in [-0.3, -0.25) is 14.9 Å². The quantitative estimate of drug-likeness (QED) is 0.521. The Balaban J connectivity index is 2.60. The predicted molar refractivity (Wildman–Crippen MR) is 77.1 cm³/mol. The highest BCUT2D eigenvalue weighted by Gasteiger charge is 2.28. The van der Waals surface area contributed by atoms with E-state index in [1.54, 1.807) is 0 Å². The third kappa shape index (κ3) is 3.12. The fourth-order valence-corrected chi connectivity index (χ4v) is 4.29. The standard InChI is InChI=1S/C12H9FN2O5S2/c1-7(16)14-12-10(6-11(21-12)15(17)18)22(19,20)9-4-2-8(13)3-5-9/h2-6H,1H3,(H,14,16). The molecule has 0 atom stereocenters. The van der Waals surface area contributed by atoms with Gasteiger partial charge in [0.05, 0.1) is 9.82 Å². The number of hydrogen-bond donors (Lipinski definition) is 1. The number of anilines is 1. The summed E-state index contributed by atoms with van der Waals surface area (Å²) in [5, 5.41) is 12.5. The molecule has 1 aromatic heterocycles. The van der Waals surface area contributed by atoms with E-state index < -0.39 is 36.4 Å². The van der Waals surface area contributed by atoms with Crippen LogP contribution in [-0.2, 0) is 14.6 Å². The molecule has 22 heavy (non-hydrogen) atoms. The molecular weight excluding hydrogens is 335 g/mol. The number of carbonyl (C=O) groups excluding carboxylic acids is 1. The summed E-state index contributed by atoms with van der Waals surface area (Å²) in [6, 6.07) is 4.89. The van der Waals surface area contributed by atoms with Crippen LogP contribution in [0.15, 0.2) is 40.1 Å². The van der Waals surface area contributed by atoms with E-state index in [1.807, 2.05) is 0 Å². The maximum atomic E-state index is 12.9. The van der Waals surface area contributed by atoms with Crippen LogP contribution >= 0.6 is 11.3 Å². The first-order valence-electron chi connectivity index (χ1n) is 5.78. The summed E-state index contributed by atoms with van der Waals surface area (Å²) in [4.78, 5) is 20.6. The first kappa shape index (κ1) is 16.0. The Morgan fingerprint density at radius 2 is 1.91 bits per heavy atom. The van der Waals surface area contributed by atoms with Gasteiger partial charge in [-0.05, 0) is 35.6 Å². The smallest absolute Gasteiger partial charge is 0.317 e. The van der Waals surface area contributed by atoms with Gasteiger partial charge in [-0.1, -0.05) is 0 Å². The second-order valence-electron chi connectivity index (χ2n) is 4.17. The number of rotatable bonds is 4. The Morgan fingerprint density at radius 3 is 2.41 bits per heavy atom. The van der Waals surface area contributed by atoms with E-state index in [4.69, 9.17) is 0 Å². The van der Waals surface area contributed by atoms with Gasteiger partial charge in [0, 0.05) is 13.0 Å². The van der Waals surface area contributed by atoms with Gasteiger partial charge in [0.15, 0.2) is 0 Å². The van der Waals surface area contributed by atoms with Gasteiger partial charge in [-0.15, -0.1) is 0 Å².